The van der Waals surface area contributed by atoms with Crippen molar-refractivity contribution < 1.29 is 9.53 Å². The van der Waals surface area contributed by atoms with Crippen LogP contribution in [-0.4, -0.2) is 27.8 Å². The van der Waals surface area contributed by atoms with Crippen LogP contribution >= 0.6 is 23.1 Å². The summed E-state index contributed by atoms with van der Waals surface area (Å²) < 4.78 is 5.57. The summed E-state index contributed by atoms with van der Waals surface area (Å²) in [5, 5.41) is 1.27. The van der Waals surface area contributed by atoms with Gasteiger partial charge in [-0.15, -0.1) is 11.3 Å². The van der Waals surface area contributed by atoms with Crippen molar-refractivity contribution in [3.8, 4) is 0 Å². The molecule has 0 atom stereocenters. The minimum absolute atomic E-state index is 0.0535. The van der Waals surface area contributed by atoms with Crippen LogP contribution in [0.2, 0.25) is 0 Å². The lowest BCUT2D eigenvalue weighted by Gasteiger charge is -2.25. The number of hydrogen-bond acceptors (Lipinski definition) is 6. The third kappa shape index (κ3) is 3.83. The summed E-state index contributed by atoms with van der Waals surface area (Å²) in [6, 6.07) is 0. The Morgan fingerprint density at radius 3 is 2.85 bits per heavy atom. The first-order valence-corrected chi connectivity index (χ1v) is 11.3. The zero-order valence-corrected chi connectivity index (χ0v) is 16.6. The summed E-state index contributed by atoms with van der Waals surface area (Å²) in [6.07, 6.45) is 8.56. The van der Waals surface area contributed by atoms with E-state index in [1.807, 2.05) is 0 Å². The SMILES string of the molecule is CC1CCC(OC(=O)CSc2nc3sc4c(c3c(=O)[nH]2)CCCC4)CC1. The summed E-state index contributed by atoms with van der Waals surface area (Å²) in [5.41, 5.74) is 1.11. The van der Waals surface area contributed by atoms with Crippen LogP contribution in [0.15, 0.2) is 9.95 Å². The van der Waals surface area contributed by atoms with Crippen LogP contribution in [0.1, 0.15) is 55.9 Å². The highest BCUT2D eigenvalue weighted by atomic mass is 32.2. The fourth-order valence-electron chi connectivity index (χ4n) is 3.91. The highest BCUT2D eigenvalue weighted by molar-refractivity contribution is 7.99. The van der Waals surface area contributed by atoms with E-state index in [4.69, 9.17) is 4.74 Å². The molecule has 2 aliphatic carbocycles. The van der Waals surface area contributed by atoms with Crippen LogP contribution in [-0.2, 0) is 22.4 Å². The second-order valence-corrected chi connectivity index (χ2v) is 9.47. The van der Waals surface area contributed by atoms with Crippen molar-refractivity contribution in [2.75, 3.05) is 5.75 Å². The molecule has 0 saturated heterocycles. The van der Waals surface area contributed by atoms with Crippen molar-refractivity contribution in [3.05, 3.63) is 20.8 Å². The number of hydrogen-bond donors (Lipinski definition) is 1. The van der Waals surface area contributed by atoms with E-state index < -0.39 is 0 Å². The van der Waals surface area contributed by atoms with Crippen LogP contribution in [0, 0.1) is 5.92 Å². The number of fused-ring (bicyclic) bond motifs is 3. The minimum Gasteiger partial charge on any atom is -0.462 e. The van der Waals surface area contributed by atoms with Gasteiger partial charge in [0.25, 0.3) is 5.56 Å². The lowest BCUT2D eigenvalue weighted by atomic mass is 9.89. The van der Waals surface area contributed by atoms with Crippen LogP contribution in [0.5, 0.6) is 0 Å². The Morgan fingerprint density at radius 2 is 2.04 bits per heavy atom. The van der Waals surface area contributed by atoms with Gasteiger partial charge in [-0.3, -0.25) is 9.59 Å². The van der Waals surface area contributed by atoms with Crippen molar-refractivity contribution in [1.82, 2.24) is 9.97 Å². The first-order chi connectivity index (χ1) is 12.6. The number of nitrogens with zero attached hydrogens (tertiary/aromatic N) is 1. The van der Waals surface area contributed by atoms with E-state index in [2.05, 4.69) is 16.9 Å². The normalized spacial score (nSPS) is 23.0. The van der Waals surface area contributed by atoms with Gasteiger partial charge in [-0.05, 0) is 62.8 Å². The minimum atomic E-state index is -0.220. The molecule has 0 bridgehead atoms. The molecule has 0 radical (unpaired) electrons. The van der Waals surface area contributed by atoms with Crippen molar-refractivity contribution in [1.29, 1.82) is 0 Å². The zero-order valence-electron chi connectivity index (χ0n) is 15.0. The van der Waals surface area contributed by atoms with Gasteiger partial charge in [0.2, 0.25) is 0 Å². The smallest absolute Gasteiger partial charge is 0.316 e. The fraction of sp³-hybridized carbons (Fsp3) is 0.632. The largest absolute Gasteiger partial charge is 0.462 e. The number of aromatic nitrogens is 2. The molecule has 4 rings (SSSR count). The molecule has 2 aliphatic rings. The number of aromatic amines is 1. The molecule has 0 unspecified atom stereocenters. The summed E-state index contributed by atoms with van der Waals surface area (Å²) in [4.78, 5) is 34.2. The number of aryl methyl sites for hydroxylation is 2. The number of H-pyrrole nitrogens is 1. The molecule has 0 aromatic carbocycles. The van der Waals surface area contributed by atoms with Crippen molar-refractivity contribution in [3.63, 3.8) is 0 Å². The molecule has 5 nitrogen and oxygen atoms in total. The van der Waals surface area contributed by atoms with Gasteiger partial charge in [-0.1, -0.05) is 18.7 Å². The van der Waals surface area contributed by atoms with Crippen LogP contribution in [0.4, 0.5) is 0 Å². The van der Waals surface area contributed by atoms with Crippen LogP contribution in [0.25, 0.3) is 10.2 Å². The van der Waals surface area contributed by atoms with Crippen molar-refractivity contribution >= 4 is 39.3 Å². The van der Waals surface area contributed by atoms with Crippen molar-refractivity contribution in [2.24, 2.45) is 5.92 Å². The number of ether oxygens (including phenoxy) is 1. The predicted molar refractivity (Wildman–Crippen MR) is 105 cm³/mol. The fourth-order valence-corrected chi connectivity index (χ4v) is 5.87. The summed E-state index contributed by atoms with van der Waals surface area (Å²) in [6.45, 7) is 2.24. The number of esters is 1. The molecule has 7 heteroatoms. The Bertz CT molecular complexity index is 866. The molecule has 1 N–H and O–H groups in total. The summed E-state index contributed by atoms with van der Waals surface area (Å²) >= 11 is 2.89. The second-order valence-electron chi connectivity index (χ2n) is 7.42. The molecule has 0 spiro atoms. The molecule has 140 valence electrons. The Morgan fingerprint density at radius 1 is 1.27 bits per heavy atom. The lowest BCUT2D eigenvalue weighted by Crippen LogP contribution is -2.24. The summed E-state index contributed by atoms with van der Waals surface area (Å²) in [5.74, 6) is 0.700. The monoisotopic (exact) mass is 392 g/mol. The molecule has 2 aromatic heterocycles. The van der Waals surface area contributed by atoms with E-state index in [0.717, 1.165) is 61.1 Å². The third-order valence-corrected chi connectivity index (χ3v) is 7.42. The number of rotatable bonds is 4. The van der Waals surface area contributed by atoms with Crippen molar-refractivity contribution in [2.45, 2.75) is 69.6 Å². The molecule has 1 saturated carbocycles. The van der Waals surface area contributed by atoms with E-state index in [0.29, 0.717) is 5.16 Å². The van der Waals surface area contributed by atoms with Gasteiger partial charge in [0.15, 0.2) is 5.16 Å². The van der Waals surface area contributed by atoms with Gasteiger partial charge in [-0.2, -0.15) is 0 Å². The molecular formula is C19H24N2O3S2. The van der Waals surface area contributed by atoms with Crippen LogP contribution < -0.4 is 5.56 Å². The van der Waals surface area contributed by atoms with Gasteiger partial charge in [0.05, 0.1) is 11.1 Å². The zero-order chi connectivity index (χ0) is 18.1. The molecule has 2 aromatic rings. The maximum absolute atomic E-state index is 12.5. The Hall–Kier alpha value is -1.34. The Kier molecular flexibility index (Phi) is 5.36. The van der Waals surface area contributed by atoms with E-state index in [1.165, 1.54) is 28.6 Å². The maximum atomic E-state index is 12.5. The van der Waals surface area contributed by atoms with Gasteiger partial charge in [0, 0.05) is 4.88 Å². The van der Waals surface area contributed by atoms with Gasteiger partial charge in [-0.25, -0.2) is 4.98 Å². The van der Waals surface area contributed by atoms with Gasteiger partial charge >= 0.3 is 5.97 Å². The molecule has 0 aliphatic heterocycles. The quantitative estimate of drug-likeness (QED) is 0.482. The second kappa shape index (κ2) is 7.72. The van der Waals surface area contributed by atoms with Gasteiger partial charge < -0.3 is 9.72 Å². The first-order valence-electron chi connectivity index (χ1n) is 9.47. The third-order valence-electron chi connectivity index (χ3n) is 5.39. The highest BCUT2D eigenvalue weighted by Crippen LogP contribution is 2.34. The summed E-state index contributed by atoms with van der Waals surface area (Å²) in [7, 11) is 0. The lowest BCUT2D eigenvalue weighted by molar-refractivity contribution is -0.147. The number of nitrogens with one attached hydrogen (secondary N) is 1. The molecule has 2 heterocycles. The van der Waals surface area contributed by atoms with E-state index in [-0.39, 0.29) is 23.4 Å². The highest BCUT2D eigenvalue weighted by Gasteiger charge is 2.22. The first kappa shape index (κ1) is 18.0. The number of carbonyl (C=O) groups is 1. The van der Waals surface area contributed by atoms with Gasteiger partial charge in [0.1, 0.15) is 10.9 Å². The maximum Gasteiger partial charge on any atom is 0.316 e. The topological polar surface area (TPSA) is 72.0 Å². The average Bonchev–Trinajstić information content (AvgIpc) is 3.01. The Labute approximate surface area is 160 Å². The number of carbonyl (C=O) groups excluding carboxylic acids is 1. The standard InChI is InChI=1S/C19H24N2O3S2/c1-11-6-8-12(9-7-11)24-15(22)10-25-19-20-17(23)16-13-4-2-3-5-14(13)26-18(16)21-19/h11-12H,2-10H2,1H3,(H,20,21,23). The number of thiophene rings is 1. The number of thioether (sulfide) groups is 1. The molecule has 1 fully saturated rings. The molecule has 0 amide bonds. The predicted octanol–water partition coefficient (Wildman–Crippen LogP) is 4.08. The Balaban J connectivity index is 1.41. The molecular weight excluding hydrogens is 368 g/mol. The van der Waals surface area contributed by atoms with E-state index in [9.17, 15) is 9.59 Å². The average molecular weight is 393 g/mol. The van der Waals surface area contributed by atoms with E-state index >= 15 is 0 Å². The van der Waals surface area contributed by atoms with Crippen LogP contribution in [0.3, 0.4) is 0 Å². The van der Waals surface area contributed by atoms with E-state index in [1.54, 1.807) is 11.3 Å². The molecule has 26 heavy (non-hydrogen) atoms.